The molecule has 0 aromatic rings. The maximum Gasteiger partial charge on any atom is 0.513 e. The predicted molar refractivity (Wildman–Crippen MR) is 32.0 cm³/mol. The molecule has 0 aliphatic rings. The molecule has 0 heterocycles. The lowest BCUT2D eigenvalue weighted by molar-refractivity contribution is -0.144. The second-order valence-corrected chi connectivity index (χ2v) is 1.52. The van der Waals surface area contributed by atoms with Gasteiger partial charge in [-0.25, -0.2) is 9.59 Å². The van der Waals surface area contributed by atoms with Crippen molar-refractivity contribution in [2.45, 2.75) is 0 Å². The van der Waals surface area contributed by atoms with Crippen LogP contribution in [0.4, 0.5) is 4.79 Å². The first-order valence-electron chi connectivity index (χ1n) is 2.79. The van der Waals surface area contributed by atoms with Crippen LogP contribution >= 0.6 is 0 Å². The molecular weight excluding hydrogens is 156 g/mol. The number of carbonyl (C=O) groups is 2. The van der Waals surface area contributed by atoms with Gasteiger partial charge in [0.2, 0.25) is 0 Å². The number of carbonyl (C=O) groups excluding carboxylic acids is 1. The van der Waals surface area contributed by atoms with Crippen molar-refractivity contribution in [2.24, 2.45) is 0 Å². The second kappa shape index (κ2) is 5.63. The third kappa shape index (κ3) is 6.75. The van der Waals surface area contributed by atoms with Gasteiger partial charge >= 0.3 is 12.1 Å². The number of aliphatic hydroxyl groups is 1. The van der Waals surface area contributed by atoms with E-state index in [0.717, 1.165) is 0 Å². The lowest BCUT2D eigenvalue weighted by Gasteiger charge is -1.98. The molecule has 6 heteroatoms. The lowest BCUT2D eigenvalue weighted by atomic mass is 10.7. The van der Waals surface area contributed by atoms with Crippen LogP contribution in [0.3, 0.4) is 0 Å². The predicted octanol–water partition coefficient (Wildman–Crippen LogP) is -0.784. The van der Waals surface area contributed by atoms with Crippen molar-refractivity contribution in [3.8, 4) is 0 Å². The highest BCUT2D eigenvalue weighted by molar-refractivity contribution is 5.81. The van der Waals surface area contributed by atoms with Gasteiger partial charge in [-0.3, -0.25) is 0 Å². The van der Waals surface area contributed by atoms with E-state index in [-0.39, 0.29) is 13.2 Å². The van der Waals surface area contributed by atoms with Crippen LogP contribution in [0.1, 0.15) is 0 Å². The van der Waals surface area contributed by atoms with Crippen molar-refractivity contribution in [1.29, 1.82) is 0 Å². The molecule has 0 radical (unpaired) electrons. The Hall–Kier alpha value is -1.14. The average molecular weight is 164 g/mol. The minimum absolute atomic E-state index is 0.0191. The Balaban J connectivity index is 3.30. The fraction of sp³-hybridized carbons (Fsp3) is 0.600. The number of hydrogen-bond acceptors (Lipinski definition) is 5. The number of esters is 1. The molecule has 11 heavy (non-hydrogen) atoms. The summed E-state index contributed by atoms with van der Waals surface area (Å²) in [5.41, 5.74) is 0. The summed E-state index contributed by atoms with van der Waals surface area (Å²) in [6.07, 6.45) is -1.66. The number of ether oxygens (including phenoxy) is 2. The summed E-state index contributed by atoms with van der Waals surface area (Å²) < 4.78 is 8.13. The zero-order chi connectivity index (χ0) is 8.69. The van der Waals surface area contributed by atoms with Crippen molar-refractivity contribution in [2.75, 3.05) is 19.8 Å². The Kier molecular flexibility index (Phi) is 5.05. The summed E-state index contributed by atoms with van der Waals surface area (Å²) in [4.78, 5) is 20.0. The van der Waals surface area contributed by atoms with E-state index in [9.17, 15) is 9.59 Å². The van der Waals surface area contributed by atoms with Crippen molar-refractivity contribution in [3.05, 3.63) is 0 Å². The van der Waals surface area contributed by atoms with Crippen LogP contribution in [0.15, 0.2) is 0 Å². The molecule has 0 rings (SSSR count). The molecule has 0 spiro atoms. The summed E-state index contributed by atoms with van der Waals surface area (Å²) >= 11 is 0. The maximum atomic E-state index is 10.3. The quantitative estimate of drug-likeness (QED) is 0.321. The van der Waals surface area contributed by atoms with E-state index in [1.165, 1.54) is 0 Å². The topological polar surface area (TPSA) is 93.1 Å². The summed E-state index contributed by atoms with van der Waals surface area (Å²) in [5.74, 6) is -0.994. The number of aliphatic hydroxyl groups excluding tert-OH is 1. The number of carboxylic acid groups (broad SMARTS) is 1. The van der Waals surface area contributed by atoms with Crippen molar-refractivity contribution in [1.82, 2.24) is 0 Å². The van der Waals surface area contributed by atoms with Crippen LogP contribution in [-0.4, -0.2) is 42.2 Å². The molecule has 0 amide bonds. The smallest absolute Gasteiger partial charge is 0.449 e. The summed E-state index contributed by atoms with van der Waals surface area (Å²) in [5, 5.41) is 16.1. The summed E-state index contributed by atoms with van der Waals surface area (Å²) in [6, 6.07) is 0. The number of hydrogen-bond donors (Lipinski definition) is 2. The first kappa shape index (κ1) is 9.86. The molecule has 0 bridgehead atoms. The molecule has 0 saturated heterocycles. The van der Waals surface area contributed by atoms with E-state index in [4.69, 9.17) is 10.2 Å². The van der Waals surface area contributed by atoms with Crippen molar-refractivity contribution >= 4 is 12.1 Å². The third-order valence-corrected chi connectivity index (χ3v) is 0.657. The zero-order valence-corrected chi connectivity index (χ0v) is 5.65. The minimum Gasteiger partial charge on any atom is -0.449 e. The van der Waals surface area contributed by atoms with E-state index < -0.39 is 18.7 Å². The van der Waals surface area contributed by atoms with Gasteiger partial charge in [0.05, 0.1) is 13.2 Å². The molecule has 0 aromatic heterocycles. The minimum atomic E-state index is -1.66. The van der Waals surface area contributed by atoms with Crippen molar-refractivity contribution in [3.63, 3.8) is 0 Å². The van der Waals surface area contributed by atoms with Gasteiger partial charge in [0.15, 0.2) is 0 Å². The van der Waals surface area contributed by atoms with Gasteiger partial charge in [-0.1, -0.05) is 0 Å². The van der Waals surface area contributed by atoms with Crippen LogP contribution in [0.25, 0.3) is 0 Å². The summed E-state index contributed by atoms with van der Waals surface area (Å²) in [7, 11) is 0. The largest absolute Gasteiger partial charge is 0.513 e. The van der Waals surface area contributed by atoms with Gasteiger partial charge in [-0.2, -0.15) is 0 Å². The van der Waals surface area contributed by atoms with Gasteiger partial charge in [0.1, 0.15) is 6.61 Å². The Labute approximate surface area is 62.3 Å². The Morgan fingerprint density at radius 1 is 1.36 bits per heavy atom. The monoisotopic (exact) mass is 164 g/mol. The third-order valence-electron chi connectivity index (χ3n) is 0.657. The Bertz CT molecular complexity index is 142. The van der Waals surface area contributed by atoms with E-state index in [1.54, 1.807) is 0 Å². The molecule has 0 fully saturated rings. The van der Waals surface area contributed by atoms with Crippen LogP contribution in [0, 0.1) is 0 Å². The lowest BCUT2D eigenvalue weighted by Crippen LogP contribution is -2.17. The zero-order valence-electron chi connectivity index (χ0n) is 5.65. The van der Waals surface area contributed by atoms with Gasteiger partial charge in [0.25, 0.3) is 0 Å². The molecule has 0 aliphatic heterocycles. The van der Waals surface area contributed by atoms with Gasteiger partial charge in [-0.05, 0) is 0 Å². The first-order valence-corrected chi connectivity index (χ1v) is 2.79. The van der Waals surface area contributed by atoms with Crippen LogP contribution in [0.5, 0.6) is 0 Å². The molecule has 64 valence electrons. The fourth-order valence-electron chi connectivity index (χ4n) is 0.347. The van der Waals surface area contributed by atoms with Gasteiger partial charge in [-0.15, -0.1) is 0 Å². The maximum absolute atomic E-state index is 10.3. The van der Waals surface area contributed by atoms with Gasteiger partial charge in [0, 0.05) is 0 Å². The van der Waals surface area contributed by atoms with Gasteiger partial charge < -0.3 is 19.7 Å². The molecule has 2 N–H and O–H groups in total. The highest BCUT2D eigenvalue weighted by atomic mass is 16.7. The van der Waals surface area contributed by atoms with Crippen LogP contribution in [0.2, 0.25) is 0 Å². The van der Waals surface area contributed by atoms with E-state index >= 15 is 0 Å². The average Bonchev–Trinajstić information content (AvgIpc) is 1.86. The fourth-order valence-corrected chi connectivity index (χ4v) is 0.347. The highest BCUT2D eigenvalue weighted by Crippen LogP contribution is 1.81. The Morgan fingerprint density at radius 2 is 2.00 bits per heavy atom. The van der Waals surface area contributed by atoms with E-state index in [0.29, 0.717) is 0 Å². The van der Waals surface area contributed by atoms with E-state index in [1.807, 2.05) is 0 Å². The molecule has 0 aromatic carbocycles. The second-order valence-electron chi connectivity index (χ2n) is 1.52. The SMILES string of the molecule is O=C(O)OC(=O)COCCO. The molecular formula is C5H8O6. The standard InChI is InChI=1S/C5H8O6/c6-1-2-10-3-4(7)11-5(8)9/h6H,1-3H2,(H,8,9). The van der Waals surface area contributed by atoms with E-state index in [2.05, 4.69) is 9.47 Å². The first-order chi connectivity index (χ1) is 5.16. The normalized spacial score (nSPS) is 9.18. The van der Waals surface area contributed by atoms with Crippen LogP contribution < -0.4 is 0 Å². The molecule has 6 nitrogen and oxygen atoms in total. The van der Waals surface area contributed by atoms with Crippen LogP contribution in [-0.2, 0) is 14.3 Å². The number of rotatable bonds is 4. The van der Waals surface area contributed by atoms with Crippen molar-refractivity contribution < 1.29 is 29.3 Å². The Morgan fingerprint density at radius 3 is 2.45 bits per heavy atom. The highest BCUT2D eigenvalue weighted by Gasteiger charge is 2.07. The molecule has 0 saturated carbocycles. The molecule has 0 unspecified atom stereocenters. The molecule has 0 aliphatic carbocycles. The summed E-state index contributed by atoms with van der Waals surface area (Å²) in [6.45, 7) is -0.706. The molecule has 0 atom stereocenters.